The highest BCUT2D eigenvalue weighted by atomic mass is 16.6. The van der Waals surface area contributed by atoms with Crippen molar-refractivity contribution in [1.29, 1.82) is 5.26 Å². The van der Waals surface area contributed by atoms with Gasteiger partial charge >= 0.3 is 12.1 Å². The monoisotopic (exact) mass is 523 g/mol. The van der Waals surface area contributed by atoms with Crippen molar-refractivity contribution in [2.24, 2.45) is 0 Å². The average Bonchev–Trinajstić information content (AvgIpc) is 3.23. The standard InChI is InChI=1S/C29H37N3O6/c1-6-36-24-9-7-8-10-25(24)37-14-13-32(28(35)38-29(3,4)5)20(2)15-21-16-22-11-12-31(19-26(33)34)27(22)23(17-21)18-30/h7-10,16-17,20H,6,11-15,19H2,1-5H3,(H,33,34). The van der Waals surface area contributed by atoms with Crippen molar-refractivity contribution in [3.05, 3.63) is 53.1 Å². The van der Waals surface area contributed by atoms with Gasteiger partial charge in [-0.2, -0.15) is 5.26 Å². The van der Waals surface area contributed by atoms with Crippen molar-refractivity contribution in [3.63, 3.8) is 0 Å². The van der Waals surface area contributed by atoms with Gasteiger partial charge in [-0.05, 0) is 76.8 Å². The third-order valence-corrected chi connectivity index (χ3v) is 6.09. The summed E-state index contributed by atoms with van der Waals surface area (Å²) in [7, 11) is 0. The Bertz CT molecular complexity index is 1180. The minimum Gasteiger partial charge on any atom is -0.490 e. The van der Waals surface area contributed by atoms with Crippen LogP contribution >= 0.6 is 0 Å². The molecule has 3 rings (SSSR count). The zero-order chi connectivity index (χ0) is 27.9. The molecule has 0 aromatic heterocycles. The smallest absolute Gasteiger partial charge is 0.410 e. The average molecular weight is 524 g/mol. The van der Waals surface area contributed by atoms with Gasteiger partial charge in [0.1, 0.15) is 24.8 Å². The van der Waals surface area contributed by atoms with Gasteiger partial charge in [0.05, 0.1) is 24.4 Å². The second kappa shape index (κ2) is 12.5. The predicted molar refractivity (Wildman–Crippen MR) is 144 cm³/mol. The molecule has 38 heavy (non-hydrogen) atoms. The Morgan fingerprint density at radius 1 is 1.18 bits per heavy atom. The lowest BCUT2D eigenvalue weighted by Gasteiger charge is -2.32. The molecule has 1 heterocycles. The maximum atomic E-state index is 13.2. The molecule has 0 aliphatic carbocycles. The molecule has 0 fully saturated rings. The summed E-state index contributed by atoms with van der Waals surface area (Å²) in [6.07, 6.45) is 0.721. The summed E-state index contributed by atoms with van der Waals surface area (Å²) < 4.78 is 17.3. The van der Waals surface area contributed by atoms with E-state index < -0.39 is 17.7 Å². The van der Waals surface area contributed by atoms with Crippen LogP contribution in [0.4, 0.5) is 10.5 Å². The third-order valence-electron chi connectivity index (χ3n) is 6.09. The topological polar surface area (TPSA) is 112 Å². The highest BCUT2D eigenvalue weighted by Crippen LogP contribution is 2.33. The number of ether oxygens (including phenoxy) is 3. The van der Waals surface area contributed by atoms with Gasteiger partial charge in [0.15, 0.2) is 11.5 Å². The van der Waals surface area contributed by atoms with Crippen LogP contribution in [0.2, 0.25) is 0 Å². The van der Waals surface area contributed by atoms with Crippen LogP contribution in [-0.4, -0.2) is 66.6 Å². The van der Waals surface area contributed by atoms with E-state index in [4.69, 9.17) is 14.2 Å². The molecule has 1 aliphatic rings. The first-order chi connectivity index (χ1) is 18.0. The van der Waals surface area contributed by atoms with Crippen LogP contribution in [0.1, 0.15) is 51.3 Å². The summed E-state index contributed by atoms with van der Waals surface area (Å²) in [4.78, 5) is 27.8. The summed E-state index contributed by atoms with van der Waals surface area (Å²) in [6, 6.07) is 13.2. The predicted octanol–water partition coefficient (Wildman–Crippen LogP) is 4.65. The number of aliphatic carboxylic acids is 1. The van der Waals surface area contributed by atoms with Crippen LogP contribution in [0.3, 0.4) is 0 Å². The zero-order valence-corrected chi connectivity index (χ0v) is 22.8. The molecule has 1 atom stereocenters. The zero-order valence-electron chi connectivity index (χ0n) is 22.8. The van der Waals surface area contributed by atoms with Crippen molar-refractivity contribution >= 4 is 17.7 Å². The van der Waals surface area contributed by atoms with E-state index in [1.54, 1.807) is 15.9 Å². The van der Waals surface area contributed by atoms with E-state index in [-0.39, 0.29) is 19.2 Å². The molecule has 0 saturated carbocycles. The Morgan fingerprint density at radius 3 is 2.47 bits per heavy atom. The van der Waals surface area contributed by atoms with Gasteiger partial charge in [0.2, 0.25) is 0 Å². The van der Waals surface area contributed by atoms with Crippen molar-refractivity contribution in [2.75, 3.05) is 37.7 Å². The maximum absolute atomic E-state index is 13.2. The van der Waals surface area contributed by atoms with Crippen LogP contribution in [0.5, 0.6) is 11.5 Å². The highest BCUT2D eigenvalue weighted by molar-refractivity contribution is 5.78. The van der Waals surface area contributed by atoms with Gasteiger partial charge in [-0.25, -0.2) is 4.79 Å². The SMILES string of the molecule is CCOc1ccccc1OCCN(C(=O)OC(C)(C)C)C(C)Cc1cc(C#N)c2c(c1)CCN2CC(=O)O. The lowest BCUT2D eigenvalue weighted by molar-refractivity contribution is -0.135. The van der Waals surface area contributed by atoms with E-state index in [1.807, 2.05) is 65.0 Å². The number of nitrogens with zero attached hydrogens (tertiary/aromatic N) is 3. The van der Waals surface area contributed by atoms with Crippen LogP contribution < -0.4 is 14.4 Å². The second-order valence-corrected chi connectivity index (χ2v) is 10.3. The number of hydrogen-bond acceptors (Lipinski definition) is 7. The number of para-hydroxylation sites is 2. The summed E-state index contributed by atoms with van der Waals surface area (Å²) in [5.41, 5.74) is 2.33. The summed E-state index contributed by atoms with van der Waals surface area (Å²) >= 11 is 0. The third kappa shape index (κ3) is 7.54. The molecule has 0 saturated heterocycles. The minimum atomic E-state index is -0.932. The van der Waals surface area contributed by atoms with Gasteiger partial charge in [0, 0.05) is 12.6 Å². The minimum absolute atomic E-state index is 0.143. The van der Waals surface area contributed by atoms with Crippen LogP contribution in [0, 0.1) is 11.3 Å². The fraction of sp³-hybridized carbons (Fsp3) is 0.483. The van der Waals surface area contributed by atoms with E-state index in [9.17, 15) is 20.0 Å². The Labute approximate surface area is 224 Å². The molecule has 0 spiro atoms. The molecule has 1 unspecified atom stereocenters. The maximum Gasteiger partial charge on any atom is 0.410 e. The van der Waals surface area contributed by atoms with Gasteiger partial charge in [-0.3, -0.25) is 4.79 Å². The fourth-order valence-corrected chi connectivity index (χ4v) is 4.58. The molecule has 2 aromatic carbocycles. The Morgan fingerprint density at radius 2 is 1.87 bits per heavy atom. The number of carboxylic acid groups (broad SMARTS) is 1. The molecule has 1 aliphatic heterocycles. The van der Waals surface area contributed by atoms with Gasteiger partial charge < -0.3 is 29.1 Å². The number of carbonyl (C=O) groups is 2. The van der Waals surface area contributed by atoms with Gasteiger partial charge in [0.25, 0.3) is 0 Å². The molecule has 9 nitrogen and oxygen atoms in total. The van der Waals surface area contributed by atoms with Crippen molar-refractivity contribution in [2.45, 2.75) is 59.1 Å². The number of amides is 1. The van der Waals surface area contributed by atoms with Crippen LogP contribution in [0.15, 0.2) is 36.4 Å². The number of fused-ring (bicyclic) bond motifs is 1. The molecule has 9 heteroatoms. The Hall–Kier alpha value is -3.93. The van der Waals surface area contributed by atoms with Crippen molar-refractivity contribution < 1.29 is 28.9 Å². The molecule has 0 bridgehead atoms. The van der Waals surface area contributed by atoms with Crippen LogP contribution in [0.25, 0.3) is 0 Å². The van der Waals surface area contributed by atoms with Crippen molar-refractivity contribution in [3.8, 4) is 17.6 Å². The molecule has 1 amide bonds. The fourth-order valence-electron chi connectivity index (χ4n) is 4.58. The largest absolute Gasteiger partial charge is 0.490 e. The van der Waals surface area contributed by atoms with E-state index in [0.717, 1.165) is 11.1 Å². The quantitative estimate of drug-likeness (QED) is 0.453. The molecule has 1 N–H and O–H groups in total. The van der Waals surface area contributed by atoms with E-state index in [1.165, 1.54) is 0 Å². The summed E-state index contributed by atoms with van der Waals surface area (Å²) in [5, 5.41) is 19.0. The number of carbonyl (C=O) groups excluding carboxylic acids is 1. The highest BCUT2D eigenvalue weighted by Gasteiger charge is 2.29. The Kier molecular flexibility index (Phi) is 9.45. The van der Waals surface area contributed by atoms with Gasteiger partial charge in [-0.15, -0.1) is 0 Å². The number of hydrogen-bond donors (Lipinski definition) is 1. The van der Waals surface area contributed by atoms with E-state index >= 15 is 0 Å². The first kappa shape index (κ1) is 28.6. The molecule has 2 aromatic rings. The van der Waals surface area contributed by atoms with E-state index in [0.29, 0.717) is 55.3 Å². The first-order valence-corrected chi connectivity index (χ1v) is 12.9. The van der Waals surface area contributed by atoms with Gasteiger partial charge in [-0.1, -0.05) is 18.2 Å². The van der Waals surface area contributed by atoms with Crippen LogP contribution in [-0.2, 0) is 22.4 Å². The first-order valence-electron chi connectivity index (χ1n) is 12.9. The number of benzene rings is 2. The normalized spacial score (nSPS) is 13.3. The Balaban J connectivity index is 1.78. The number of rotatable bonds is 11. The summed E-state index contributed by atoms with van der Waals surface area (Å²) in [5.74, 6) is 0.318. The van der Waals surface area contributed by atoms with Crippen molar-refractivity contribution in [1.82, 2.24) is 4.90 Å². The molecule has 0 radical (unpaired) electrons. The number of carboxylic acids is 1. The lowest BCUT2D eigenvalue weighted by atomic mass is 9.98. The number of nitriles is 1. The molecular formula is C29H37N3O6. The summed E-state index contributed by atoms with van der Waals surface area (Å²) in [6.45, 7) is 10.8. The second-order valence-electron chi connectivity index (χ2n) is 10.3. The van der Waals surface area contributed by atoms with E-state index in [2.05, 4.69) is 6.07 Å². The molecule has 204 valence electrons. The molecular weight excluding hydrogens is 486 g/mol. The number of anilines is 1. The lowest BCUT2D eigenvalue weighted by Crippen LogP contribution is -2.45.